The van der Waals surface area contributed by atoms with Crippen LogP contribution in [-0.4, -0.2) is 32.2 Å². The zero-order valence-electron chi connectivity index (χ0n) is 10.6. The Labute approximate surface area is 112 Å². The van der Waals surface area contributed by atoms with Gasteiger partial charge in [-0.25, -0.2) is 0 Å². The number of ether oxygens (including phenoxy) is 1. The lowest BCUT2D eigenvalue weighted by atomic mass is 10.0. The second-order valence-corrected chi connectivity index (χ2v) is 5.54. The first kappa shape index (κ1) is 13.5. The summed E-state index contributed by atoms with van der Waals surface area (Å²) in [5, 5.41) is 8.99. The van der Waals surface area contributed by atoms with E-state index in [-0.39, 0.29) is 12.0 Å². The number of esters is 1. The third kappa shape index (κ3) is 3.80. The maximum absolute atomic E-state index is 11.5. The number of rotatable bonds is 5. The second-order valence-electron chi connectivity index (χ2n) is 4.56. The Hall–Kier alpha value is -0.910. The van der Waals surface area contributed by atoms with Crippen LogP contribution in [0.5, 0.6) is 0 Å². The van der Waals surface area contributed by atoms with Crippen molar-refractivity contribution >= 4 is 17.3 Å². The van der Waals surface area contributed by atoms with Gasteiger partial charge in [0, 0.05) is 17.5 Å². The normalized spacial score (nSPS) is 21.5. The van der Waals surface area contributed by atoms with Crippen LogP contribution in [0.1, 0.15) is 30.2 Å². The van der Waals surface area contributed by atoms with E-state index in [0.717, 1.165) is 19.5 Å². The lowest BCUT2D eigenvalue weighted by Crippen LogP contribution is -2.44. The van der Waals surface area contributed by atoms with Crippen LogP contribution in [0, 0.1) is 0 Å². The molecule has 0 spiro atoms. The minimum absolute atomic E-state index is 0.0716. The molecule has 0 amide bonds. The first-order chi connectivity index (χ1) is 8.79. The molecule has 0 bridgehead atoms. The van der Waals surface area contributed by atoms with Gasteiger partial charge in [0.25, 0.3) is 0 Å². The van der Waals surface area contributed by atoms with Gasteiger partial charge in [-0.2, -0.15) is 0 Å². The average molecular weight is 268 g/mol. The Morgan fingerprint density at radius 1 is 1.72 bits per heavy atom. The molecule has 1 aliphatic rings. The predicted octanol–water partition coefficient (Wildman–Crippen LogP) is 1.69. The fourth-order valence-corrected chi connectivity index (χ4v) is 3.05. The standard InChI is InChI=1S/C13H20N2O2S/c1-17-13(16)8-11(12-5-3-7-18-12)15-10-4-2-6-14-9-10/h3,5,7,10-11,14-15H,2,4,6,8-9H2,1H3. The molecule has 18 heavy (non-hydrogen) atoms. The van der Waals surface area contributed by atoms with Gasteiger partial charge in [-0.1, -0.05) is 6.07 Å². The van der Waals surface area contributed by atoms with Crippen LogP contribution >= 0.6 is 11.3 Å². The van der Waals surface area contributed by atoms with E-state index < -0.39 is 0 Å². The molecule has 5 heteroatoms. The molecule has 0 aliphatic carbocycles. The highest BCUT2D eigenvalue weighted by Crippen LogP contribution is 2.23. The number of nitrogens with one attached hydrogen (secondary N) is 2. The molecule has 2 N–H and O–H groups in total. The zero-order valence-corrected chi connectivity index (χ0v) is 11.5. The van der Waals surface area contributed by atoms with E-state index in [9.17, 15) is 4.79 Å². The molecule has 2 atom stereocenters. The highest BCUT2D eigenvalue weighted by atomic mass is 32.1. The molecule has 2 unspecified atom stereocenters. The highest BCUT2D eigenvalue weighted by molar-refractivity contribution is 7.10. The molecule has 100 valence electrons. The van der Waals surface area contributed by atoms with Gasteiger partial charge in [-0.05, 0) is 30.8 Å². The van der Waals surface area contributed by atoms with Gasteiger partial charge in [0.1, 0.15) is 0 Å². The van der Waals surface area contributed by atoms with Gasteiger partial charge >= 0.3 is 5.97 Å². The minimum atomic E-state index is -0.162. The Bertz CT molecular complexity index is 361. The van der Waals surface area contributed by atoms with Gasteiger partial charge in [0.05, 0.1) is 19.6 Å². The lowest BCUT2D eigenvalue weighted by molar-refractivity contribution is -0.141. The SMILES string of the molecule is COC(=O)CC(NC1CCCNC1)c1cccs1. The van der Waals surface area contributed by atoms with E-state index in [4.69, 9.17) is 4.74 Å². The van der Waals surface area contributed by atoms with Crippen molar-refractivity contribution in [1.29, 1.82) is 0 Å². The Morgan fingerprint density at radius 2 is 2.61 bits per heavy atom. The van der Waals surface area contributed by atoms with Crippen LogP contribution in [-0.2, 0) is 9.53 Å². The van der Waals surface area contributed by atoms with Crippen LogP contribution in [0.4, 0.5) is 0 Å². The van der Waals surface area contributed by atoms with Crippen LogP contribution in [0.25, 0.3) is 0 Å². The molecule has 0 aromatic carbocycles. The van der Waals surface area contributed by atoms with Gasteiger partial charge in [-0.15, -0.1) is 11.3 Å². The molecule has 4 nitrogen and oxygen atoms in total. The summed E-state index contributed by atoms with van der Waals surface area (Å²) in [6, 6.07) is 4.60. The summed E-state index contributed by atoms with van der Waals surface area (Å²) in [6.07, 6.45) is 2.75. The molecular formula is C13H20N2O2S. The molecule has 1 saturated heterocycles. The third-order valence-corrected chi connectivity index (χ3v) is 4.20. The van der Waals surface area contributed by atoms with Crippen molar-refractivity contribution < 1.29 is 9.53 Å². The number of methoxy groups -OCH3 is 1. The van der Waals surface area contributed by atoms with Gasteiger partial charge in [-0.3, -0.25) is 4.79 Å². The number of carbonyl (C=O) groups excluding carboxylic acids is 1. The summed E-state index contributed by atoms with van der Waals surface area (Å²) in [6.45, 7) is 2.07. The Morgan fingerprint density at radius 3 is 3.22 bits per heavy atom. The largest absolute Gasteiger partial charge is 0.469 e. The fourth-order valence-electron chi connectivity index (χ4n) is 2.26. The summed E-state index contributed by atoms with van der Waals surface area (Å²) in [4.78, 5) is 12.7. The van der Waals surface area contributed by atoms with Gasteiger partial charge in [0.15, 0.2) is 0 Å². The summed E-state index contributed by atoms with van der Waals surface area (Å²) >= 11 is 1.68. The topological polar surface area (TPSA) is 50.4 Å². The smallest absolute Gasteiger partial charge is 0.307 e. The summed E-state index contributed by atoms with van der Waals surface area (Å²) in [7, 11) is 1.44. The van der Waals surface area contributed by atoms with Crippen molar-refractivity contribution in [3.05, 3.63) is 22.4 Å². The summed E-state index contributed by atoms with van der Waals surface area (Å²) in [5.74, 6) is -0.162. The van der Waals surface area contributed by atoms with E-state index in [1.807, 2.05) is 11.4 Å². The number of piperidine rings is 1. The number of carbonyl (C=O) groups is 1. The van der Waals surface area contributed by atoms with Crippen LogP contribution in [0.3, 0.4) is 0 Å². The van der Waals surface area contributed by atoms with Crippen molar-refractivity contribution in [3.63, 3.8) is 0 Å². The quantitative estimate of drug-likeness (QED) is 0.798. The zero-order chi connectivity index (χ0) is 12.8. The van der Waals surface area contributed by atoms with E-state index >= 15 is 0 Å². The molecule has 0 radical (unpaired) electrons. The maximum Gasteiger partial charge on any atom is 0.307 e. The lowest BCUT2D eigenvalue weighted by Gasteiger charge is -2.28. The van der Waals surface area contributed by atoms with E-state index in [2.05, 4.69) is 16.7 Å². The Kier molecular flexibility index (Phi) is 5.16. The maximum atomic E-state index is 11.5. The highest BCUT2D eigenvalue weighted by Gasteiger charge is 2.22. The van der Waals surface area contributed by atoms with Crippen LogP contribution in [0.15, 0.2) is 17.5 Å². The van der Waals surface area contributed by atoms with Crippen molar-refractivity contribution in [2.24, 2.45) is 0 Å². The monoisotopic (exact) mass is 268 g/mol. The molecule has 1 aromatic heterocycles. The van der Waals surface area contributed by atoms with E-state index in [1.54, 1.807) is 11.3 Å². The second kappa shape index (κ2) is 6.87. The van der Waals surface area contributed by atoms with Crippen LogP contribution < -0.4 is 10.6 Å². The van der Waals surface area contributed by atoms with Gasteiger partial charge in [0.2, 0.25) is 0 Å². The fraction of sp³-hybridized carbons (Fsp3) is 0.615. The first-order valence-corrected chi connectivity index (χ1v) is 7.24. The van der Waals surface area contributed by atoms with Crippen molar-refractivity contribution in [2.45, 2.75) is 31.3 Å². The van der Waals surface area contributed by atoms with Crippen molar-refractivity contribution in [3.8, 4) is 0 Å². The van der Waals surface area contributed by atoms with Crippen molar-refractivity contribution in [1.82, 2.24) is 10.6 Å². The average Bonchev–Trinajstić information content (AvgIpc) is 2.93. The molecule has 0 saturated carbocycles. The Balaban J connectivity index is 1.97. The van der Waals surface area contributed by atoms with Gasteiger partial charge < -0.3 is 15.4 Å². The summed E-state index contributed by atoms with van der Waals surface area (Å²) < 4.78 is 4.78. The molecule has 1 fully saturated rings. The molecule has 1 aromatic rings. The first-order valence-electron chi connectivity index (χ1n) is 6.36. The third-order valence-electron chi connectivity index (χ3n) is 3.22. The molecule has 2 heterocycles. The number of thiophene rings is 1. The molecule has 1 aliphatic heterocycles. The number of hydrogen-bond acceptors (Lipinski definition) is 5. The van der Waals surface area contributed by atoms with E-state index in [1.165, 1.54) is 18.4 Å². The molecule has 2 rings (SSSR count). The van der Waals surface area contributed by atoms with Crippen molar-refractivity contribution in [2.75, 3.05) is 20.2 Å². The molecular weight excluding hydrogens is 248 g/mol. The number of hydrogen-bond donors (Lipinski definition) is 2. The minimum Gasteiger partial charge on any atom is -0.469 e. The van der Waals surface area contributed by atoms with E-state index in [0.29, 0.717) is 12.5 Å². The van der Waals surface area contributed by atoms with Crippen LogP contribution in [0.2, 0.25) is 0 Å². The summed E-state index contributed by atoms with van der Waals surface area (Å²) in [5.41, 5.74) is 0. The predicted molar refractivity (Wildman–Crippen MR) is 72.7 cm³/mol.